The van der Waals surface area contributed by atoms with Gasteiger partial charge in [0.25, 0.3) is 5.91 Å². The van der Waals surface area contributed by atoms with Crippen LogP contribution in [0, 0.1) is 5.92 Å². The van der Waals surface area contributed by atoms with E-state index in [0.717, 1.165) is 61.8 Å². The average molecular weight is 337 g/mol. The number of amides is 1. The van der Waals surface area contributed by atoms with E-state index >= 15 is 0 Å². The van der Waals surface area contributed by atoms with Gasteiger partial charge in [0.05, 0.1) is 12.2 Å². The summed E-state index contributed by atoms with van der Waals surface area (Å²) >= 11 is 1.72. The first-order valence-electron chi connectivity index (χ1n) is 8.46. The van der Waals surface area contributed by atoms with Crippen molar-refractivity contribution in [1.82, 2.24) is 10.2 Å². The van der Waals surface area contributed by atoms with E-state index in [9.17, 15) is 4.79 Å². The maximum Gasteiger partial charge on any atom is 0.252 e. The highest BCUT2D eigenvalue weighted by molar-refractivity contribution is 7.99. The predicted octanol–water partition coefficient (Wildman–Crippen LogP) is 2.89. The number of hydrogen-bond donors (Lipinski definition) is 1. The quantitative estimate of drug-likeness (QED) is 0.741. The summed E-state index contributed by atoms with van der Waals surface area (Å²) in [6.45, 7) is 6.90. The van der Waals surface area contributed by atoms with Crippen molar-refractivity contribution in [1.29, 1.82) is 0 Å². The average Bonchev–Trinajstić information content (AvgIpc) is 2.59. The van der Waals surface area contributed by atoms with Crippen LogP contribution in [0.25, 0.3) is 0 Å². The van der Waals surface area contributed by atoms with E-state index in [-0.39, 0.29) is 5.91 Å². The molecule has 1 aliphatic heterocycles. The van der Waals surface area contributed by atoms with Crippen molar-refractivity contribution in [2.75, 3.05) is 45.6 Å². The number of benzene rings is 1. The fraction of sp³-hybridized carbons (Fsp3) is 0.611. The zero-order valence-electron chi connectivity index (χ0n) is 14.2. The monoisotopic (exact) mass is 336 g/mol. The molecule has 1 aliphatic rings. The number of piperidine rings is 1. The Kier molecular flexibility index (Phi) is 7.92. The molecule has 1 heterocycles. The van der Waals surface area contributed by atoms with E-state index in [1.54, 1.807) is 18.9 Å². The Morgan fingerprint density at radius 1 is 1.35 bits per heavy atom. The Morgan fingerprint density at radius 2 is 2.09 bits per heavy atom. The molecule has 23 heavy (non-hydrogen) atoms. The second-order valence-corrected chi connectivity index (χ2v) is 7.22. The molecule has 1 amide bonds. The molecule has 128 valence electrons. The van der Waals surface area contributed by atoms with Crippen LogP contribution in [0.2, 0.25) is 0 Å². The largest absolute Gasteiger partial charge is 0.383 e. The van der Waals surface area contributed by atoms with Crippen LogP contribution in [0.4, 0.5) is 0 Å². The first kappa shape index (κ1) is 18.3. The van der Waals surface area contributed by atoms with Gasteiger partial charge < -0.3 is 15.0 Å². The number of nitrogens with one attached hydrogen (secondary N) is 1. The van der Waals surface area contributed by atoms with E-state index < -0.39 is 0 Å². The lowest BCUT2D eigenvalue weighted by atomic mass is 9.96. The molecule has 0 aromatic heterocycles. The minimum absolute atomic E-state index is 0.0587. The van der Waals surface area contributed by atoms with E-state index in [1.807, 2.05) is 24.3 Å². The van der Waals surface area contributed by atoms with Crippen LogP contribution < -0.4 is 5.32 Å². The zero-order chi connectivity index (χ0) is 16.5. The van der Waals surface area contributed by atoms with Crippen molar-refractivity contribution in [3.63, 3.8) is 0 Å². The summed E-state index contributed by atoms with van der Waals surface area (Å²) in [4.78, 5) is 15.9. The maximum absolute atomic E-state index is 12.4. The van der Waals surface area contributed by atoms with Crippen molar-refractivity contribution in [3.8, 4) is 0 Å². The third kappa shape index (κ3) is 5.83. The summed E-state index contributed by atoms with van der Waals surface area (Å²) in [5.74, 6) is 1.62. The minimum Gasteiger partial charge on any atom is -0.383 e. The van der Waals surface area contributed by atoms with Gasteiger partial charge in [-0.2, -0.15) is 0 Å². The molecule has 0 unspecified atom stereocenters. The Bertz CT molecular complexity index is 488. The number of ether oxygens (including phenoxy) is 1. The van der Waals surface area contributed by atoms with Gasteiger partial charge in [0, 0.05) is 25.1 Å². The number of methoxy groups -OCH3 is 1. The highest BCUT2D eigenvalue weighted by atomic mass is 32.2. The van der Waals surface area contributed by atoms with Crippen molar-refractivity contribution in [2.24, 2.45) is 5.92 Å². The van der Waals surface area contributed by atoms with E-state index in [4.69, 9.17) is 4.74 Å². The molecule has 0 bridgehead atoms. The smallest absolute Gasteiger partial charge is 0.252 e. The van der Waals surface area contributed by atoms with Crippen molar-refractivity contribution < 1.29 is 9.53 Å². The second kappa shape index (κ2) is 9.96. The summed E-state index contributed by atoms with van der Waals surface area (Å²) < 4.78 is 5.13. The molecule has 1 aromatic carbocycles. The predicted molar refractivity (Wildman–Crippen MR) is 96.2 cm³/mol. The molecule has 4 nitrogen and oxygen atoms in total. The van der Waals surface area contributed by atoms with Crippen LogP contribution in [-0.2, 0) is 4.74 Å². The Balaban J connectivity index is 1.77. The third-order valence-electron chi connectivity index (χ3n) is 4.30. The van der Waals surface area contributed by atoms with Gasteiger partial charge in [0.2, 0.25) is 0 Å². The first-order valence-corrected chi connectivity index (χ1v) is 9.44. The van der Waals surface area contributed by atoms with Gasteiger partial charge in [0.1, 0.15) is 0 Å². The van der Waals surface area contributed by atoms with Gasteiger partial charge in [-0.1, -0.05) is 19.1 Å². The van der Waals surface area contributed by atoms with Crippen LogP contribution >= 0.6 is 11.8 Å². The number of rotatable bonds is 8. The molecular formula is C18H28N2O2S. The molecule has 5 heteroatoms. The van der Waals surface area contributed by atoms with Crippen molar-refractivity contribution >= 4 is 17.7 Å². The van der Waals surface area contributed by atoms with Gasteiger partial charge in [-0.3, -0.25) is 4.79 Å². The van der Waals surface area contributed by atoms with Crippen LogP contribution in [0.1, 0.15) is 30.1 Å². The number of likely N-dealkylation sites (tertiary alicyclic amines) is 1. The lowest BCUT2D eigenvalue weighted by Crippen LogP contribution is -2.39. The number of carbonyl (C=O) groups is 1. The normalized spacial score (nSPS) is 16.4. The highest BCUT2D eigenvalue weighted by Crippen LogP contribution is 2.22. The SMILES string of the molecule is CCSc1ccccc1C(=O)NCC1CCN(CCOC)CC1. The summed E-state index contributed by atoms with van der Waals surface area (Å²) in [5.41, 5.74) is 0.803. The van der Waals surface area contributed by atoms with Crippen LogP contribution in [0.5, 0.6) is 0 Å². The summed E-state index contributed by atoms with van der Waals surface area (Å²) in [6.07, 6.45) is 2.30. The fourth-order valence-electron chi connectivity index (χ4n) is 2.90. The standard InChI is InChI=1S/C18H28N2O2S/c1-3-23-17-7-5-4-6-16(17)18(21)19-14-15-8-10-20(11-9-15)12-13-22-2/h4-7,15H,3,8-14H2,1-2H3,(H,19,21). The minimum atomic E-state index is 0.0587. The number of hydrogen-bond acceptors (Lipinski definition) is 4. The van der Waals surface area contributed by atoms with Crippen LogP contribution in [-0.4, -0.2) is 56.5 Å². The molecule has 0 atom stereocenters. The van der Waals surface area contributed by atoms with Crippen molar-refractivity contribution in [3.05, 3.63) is 29.8 Å². The van der Waals surface area contributed by atoms with Gasteiger partial charge in [-0.15, -0.1) is 11.8 Å². The molecule has 1 N–H and O–H groups in total. The zero-order valence-corrected chi connectivity index (χ0v) is 15.0. The molecule has 1 aromatic rings. The summed E-state index contributed by atoms with van der Waals surface area (Å²) in [7, 11) is 1.75. The van der Waals surface area contributed by atoms with Gasteiger partial charge in [-0.25, -0.2) is 0 Å². The molecule has 1 fully saturated rings. The number of carbonyl (C=O) groups excluding carboxylic acids is 1. The molecule has 0 radical (unpaired) electrons. The van der Waals surface area contributed by atoms with Gasteiger partial charge in [0.15, 0.2) is 0 Å². The van der Waals surface area contributed by atoms with E-state index in [2.05, 4.69) is 17.1 Å². The highest BCUT2D eigenvalue weighted by Gasteiger charge is 2.20. The lowest BCUT2D eigenvalue weighted by Gasteiger charge is -2.31. The van der Waals surface area contributed by atoms with Crippen LogP contribution in [0.15, 0.2) is 29.2 Å². The van der Waals surface area contributed by atoms with Crippen molar-refractivity contribution in [2.45, 2.75) is 24.7 Å². The first-order chi connectivity index (χ1) is 11.2. The molecule has 2 rings (SSSR count). The molecular weight excluding hydrogens is 308 g/mol. The number of thioether (sulfide) groups is 1. The van der Waals surface area contributed by atoms with E-state index in [0.29, 0.717) is 5.92 Å². The van der Waals surface area contributed by atoms with Gasteiger partial charge in [-0.05, 0) is 49.7 Å². The lowest BCUT2D eigenvalue weighted by molar-refractivity contribution is 0.0923. The molecule has 0 spiro atoms. The molecule has 0 aliphatic carbocycles. The Labute approximate surface area is 144 Å². The van der Waals surface area contributed by atoms with E-state index in [1.165, 1.54) is 0 Å². The molecule has 1 saturated heterocycles. The third-order valence-corrected chi connectivity index (χ3v) is 5.26. The summed E-state index contributed by atoms with van der Waals surface area (Å²) in [6, 6.07) is 7.87. The summed E-state index contributed by atoms with van der Waals surface area (Å²) in [5, 5.41) is 3.13. The second-order valence-electron chi connectivity index (χ2n) is 5.92. The topological polar surface area (TPSA) is 41.6 Å². The Morgan fingerprint density at radius 3 is 2.78 bits per heavy atom. The molecule has 0 saturated carbocycles. The Hall–Kier alpha value is -1.04. The maximum atomic E-state index is 12.4. The van der Waals surface area contributed by atoms with Gasteiger partial charge >= 0.3 is 0 Å². The number of nitrogens with zero attached hydrogens (tertiary/aromatic N) is 1. The van der Waals surface area contributed by atoms with Crippen LogP contribution in [0.3, 0.4) is 0 Å². The fourth-order valence-corrected chi connectivity index (χ4v) is 3.70.